The number of esters is 3. The summed E-state index contributed by atoms with van der Waals surface area (Å²) in [6.07, 6.45) is 80.1. The van der Waals surface area contributed by atoms with Crippen molar-refractivity contribution in [3.05, 3.63) is 48.6 Å². The van der Waals surface area contributed by atoms with E-state index >= 15 is 0 Å². The first-order chi connectivity index (χ1) is 37.0. The molecule has 0 aromatic rings. The summed E-state index contributed by atoms with van der Waals surface area (Å²) in [7, 11) is 0. The van der Waals surface area contributed by atoms with Crippen LogP contribution < -0.4 is 0 Å². The molecule has 0 radical (unpaired) electrons. The third-order valence-electron chi connectivity index (χ3n) is 14.8. The number of unbranched alkanes of at least 4 members (excludes halogenated alkanes) is 42. The molecular formula is C69H126O6. The lowest BCUT2D eigenvalue weighted by Gasteiger charge is -2.18. The molecule has 0 spiro atoms. The van der Waals surface area contributed by atoms with Crippen LogP contribution in [0.4, 0.5) is 0 Å². The fourth-order valence-corrected chi connectivity index (χ4v) is 9.91. The number of carbonyl (C=O) groups excluding carboxylic acids is 3. The van der Waals surface area contributed by atoms with Gasteiger partial charge in [-0.15, -0.1) is 0 Å². The summed E-state index contributed by atoms with van der Waals surface area (Å²) in [5, 5.41) is 0. The highest BCUT2D eigenvalue weighted by Gasteiger charge is 2.19. The number of carbonyl (C=O) groups is 3. The first-order valence-electron chi connectivity index (χ1n) is 33.1. The molecule has 1 atom stereocenters. The van der Waals surface area contributed by atoms with Crippen molar-refractivity contribution in [3.8, 4) is 0 Å². The Morgan fingerprint density at radius 2 is 0.520 bits per heavy atom. The lowest BCUT2D eigenvalue weighted by molar-refractivity contribution is -0.167. The van der Waals surface area contributed by atoms with Gasteiger partial charge in [-0.05, 0) is 57.8 Å². The average molecular weight is 1050 g/mol. The molecule has 6 nitrogen and oxygen atoms in total. The number of hydrogen-bond donors (Lipinski definition) is 0. The van der Waals surface area contributed by atoms with E-state index in [1.54, 1.807) is 0 Å². The van der Waals surface area contributed by atoms with Crippen LogP contribution in [0.2, 0.25) is 0 Å². The normalized spacial score (nSPS) is 12.3. The van der Waals surface area contributed by atoms with Gasteiger partial charge in [-0.1, -0.05) is 326 Å². The standard InChI is InChI=1S/C69H126O6/c1-4-7-10-13-16-19-22-25-27-28-29-30-31-32-33-34-35-36-37-38-39-40-41-43-44-47-50-53-56-59-62-68(71)74-65-66(64-73-67(70)61-58-55-52-49-46-24-21-18-15-12-9-6-3)75-69(72)63-60-57-54-51-48-45-42-26-23-20-17-14-11-8-5-2/h8,11,17,20,26,42,48,51,66H,4-7,9-10,12-16,18-19,21-25,27-41,43-47,49-50,52-65H2,1-3H3/b11-8-,20-17-,42-26-,51-48-. The maximum Gasteiger partial charge on any atom is 0.306 e. The highest BCUT2D eigenvalue weighted by molar-refractivity contribution is 5.71. The van der Waals surface area contributed by atoms with Gasteiger partial charge in [0.25, 0.3) is 0 Å². The van der Waals surface area contributed by atoms with Gasteiger partial charge in [-0.3, -0.25) is 14.4 Å². The van der Waals surface area contributed by atoms with Crippen LogP contribution in [0, 0.1) is 0 Å². The van der Waals surface area contributed by atoms with E-state index in [4.69, 9.17) is 14.2 Å². The Morgan fingerprint density at radius 1 is 0.280 bits per heavy atom. The summed E-state index contributed by atoms with van der Waals surface area (Å²) < 4.78 is 16.9. The molecule has 0 rings (SSSR count). The smallest absolute Gasteiger partial charge is 0.306 e. The second-order valence-corrected chi connectivity index (χ2v) is 22.4. The monoisotopic (exact) mass is 1050 g/mol. The maximum absolute atomic E-state index is 12.8. The fraction of sp³-hybridized carbons (Fsp3) is 0.841. The van der Waals surface area contributed by atoms with Crippen LogP contribution in [0.3, 0.4) is 0 Å². The second-order valence-electron chi connectivity index (χ2n) is 22.4. The van der Waals surface area contributed by atoms with Crippen LogP contribution in [0.25, 0.3) is 0 Å². The van der Waals surface area contributed by atoms with E-state index in [0.717, 1.165) is 77.0 Å². The quantitative estimate of drug-likeness (QED) is 0.0261. The highest BCUT2D eigenvalue weighted by Crippen LogP contribution is 2.18. The minimum absolute atomic E-state index is 0.0853. The maximum atomic E-state index is 12.8. The van der Waals surface area contributed by atoms with Crippen LogP contribution >= 0.6 is 0 Å². The van der Waals surface area contributed by atoms with Crippen LogP contribution in [0.15, 0.2) is 48.6 Å². The van der Waals surface area contributed by atoms with Crippen molar-refractivity contribution in [3.63, 3.8) is 0 Å². The Morgan fingerprint density at radius 3 is 0.813 bits per heavy atom. The van der Waals surface area contributed by atoms with Crippen LogP contribution in [0.1, 0.15) is 355 Å². The molecule has 75 heavy (non-hydrogen) atoms. The molecule has 0 aliphatic carbocycles. The van der Waals surface area contributed by atoms with Crippen molar-refractivity contribution in [1.29, 1.82) is 0 Å². The number of rotatable bonds is 61. The topological polar surface area (TPSA) is 78.9 Å². The third kappa shape index (κ3) is 62.1. The molecule has 6 heteroatoms. The van der Waals surface area contributed by atoms with Crippen LogP contribution in [0.5, 0.6) is 0 Å². The molecule has 0 aliphatic heterocycles. The Kier molecular flexibility index (Phi) is 61.7. The molecule has 0 aliphatic rings. The zero-order valence-electron chi connectivity index (χ0n) is 50.3. The summed E-state index contributed by atoms with van der Waals surface area (Å²) in [6.45, 7) is 6.54. The first kappa shape index (κ1) is 72.4. The summed E-state index contributed by atoms with van der Waals surface area (Å²) in [4.78, 5) is 38.2. The van der Waals surface area contributed by atoms with E-state index < -0.39 is 6.10 Å². The van der Waals surface area contributed by atoms with Crippen molar-refractivity contribution in [2.24, 2.45) is 0 Å². The molecule has 0 saturated heterocycles. The lowest BCUT2D eigenvalue weighted by Crippen LogP contribution is -2.30. The Labute approximate surface area is 467 Å². The first-order valence-corrected chi connectivity index (χ1v) is 33.1. The van der Waals surface area contributed by atoms with Crippen molar-refractivity contribution >= 4 is 17.9 Å². The van der Waals surface area contributed by atoms with E-state index in [1.165, 1.54) is 231 Å². The number of hydrogen-bond acceptors (Lipinski definition) is 6. The van der Waals surface area contributed by atoms with Gasteiger partial charge in [0.15, 0.2) is 6.10 Å². The van der Waals surface area contributed by atoms with E-state index in [1.807, 2.05) is 0 Å². The van der Waals surface area contributed by atoms with E-state index in [2.05, 4.69) is 69.4 Å². The molecule has 1 unspecified atom stereocenters. The van der Waals surface area contributed by atoms with Crippen molar-refractivity contribution in [2.75, 3.05) is 13.2 Å². The minimum Gasteiger partial charge on any atom is -0.462 e. The Balaban J connectivity index is 4.14. The molecular weight excluding hydrogens is 925 g/mol. The van der Waals surface area contributed by atoms with Crippen LogP contribution in [-0.2, 0) is 28.6 Å². The Hall–Kier alpha value is -2.63. The molecule has 438 valence electrons. The van der Waals surface area contributed by atoms with Crippen molar-refractivity contribution in [1.82, 2.24) is 0 Å². The van der Waals surface area contributed by atoms with Gasteiger partial charge in [0, 0.05) is 19.3 Å². The number of allylic oxidation sites excluding steroid dienone is 8. The predicted octanol–water partition coefficient (Wildman–Crippen LogP) is 22.6. The van der Waals surface area contributed by atoms with E-state index in [-0.39, 0.29) is 37.5 Å². The molecule has 0 amide bonds. The lowest BCUT2D eigenvalue weighted by atomic mass is 10.0. The van der Waals surface area contributed by atoms with Gasteiger partial charge in [0.05, 0.1) is 0 Å². The third-order valence-corrected chi connectivity index (χ3v) is 14.8. The molecule has 0 heterocycles. The highest BCUT2D eigenvalue weighted by atomic mass is 16.6. The van der Waals surface area contributed by atoms with Gasteiger partial charge in [-0.25, -0.2) is 0 Å². The SMILES string of the molecule is CC/C=C\C/C=C\C/C=C\C/C=C\CCCCC(=O)OC(COC(=O)CCCCCCCCCCCCCC)COC(=O)CCCCCCCCCCCCCCCCCCCCCCCCCCCCCCCC. The molecule has 0 N–H and O–H groups in total. The van der Waals surface area contributed by atoms with Gasteiger partial charge in [0.2, 0.25) is 0 Å². The summed E-state index contributed by atoms with van der Waals surface area (Å²) in [5.74, 6) is -0.908. The van der Waals surface area contributed by atoms with Gasteiger partial charge < -0.3 is 14.2 Å². The zero-order valence-corrected chi connectivity index (χ0v) is 50.3. The van der Waals surface area contributed by atoms with Gasteiger partial charge in [0.1, 0.15) is 13.2 Å². The molecule has 0 aromatic heterocycles. The molecule has 0 saturated carbocycles. The van der Waals surface area contributed by atoms with E-state index in [0.29, 0.717) is 19.3 Å². The molecule has 0 fully saturated rings. The summed E-state index contributed by atoms with van der Waals surface area (Å²) >= 11 is 0. The summed E-state index contributed by atoms with van der Waals surface area (Å²) in [6, 6.07) is 0. The minimum atomic E-state index is -0.792. The largest absolute Gasteiger partial charge is 0.462 e. The van der Waals surface area contributed by atoms with E-state index in [9.17, 15) is 14.4 Å². The van der Waals surface area contributed by atoms with Crippen molar-refractivity contribution in [2.45, 2.75) is 361 Å². The Bertz CT molecular complexity index is 1300. The molecule has 0 aromatic carbocycles. The van der Waals surface area contributed by atoms with Crippen molar-refractivity contribution < 1.29 is 28.6 Å². The zero-order chi connectivity index (χ0) is 54.3. The van der Waals surface area contributed by atoms with Gasteiger partial charge in [-0.2, -0.15) is 0 Å². The number of ether oxygens (including phenoxy) is 3. The average Bonchev–Trinajstić information content (AvgIpc) is 3.41. The predicted molar refractivity (Wildman–Crippen MR) is 325 cm³/mol. The van der Waals surface area contributed by atoms with Crippen LogP contribution in [-0.4, -0.2) is 37.2 Å². The second kappa shape index (κ2) is 63.9. The van der Waals surface area contributed by atoms with Gasteiger partial charge >= 0.3 is 17.9 Å². The fourth-order valence-electron chi connectivity index (χ4n) is 9.91. The summed E-state index contributed by atoms with van der Waals surface area (Å²) in [5.41, 5.74) is 0. The molecule has 0 bridgehead atoms.